The van der Waals surface area contributed by atoms with Crippen LogP contribution < -0.4 is 0 Å². The number of nitrogens with zero attached hydrogens (tertiary/aromatic N) is 2. The fraction of sp³-hybridized carbons (Fsp3) is 0.312. The van der Waals surface area contributed by atoms with Crippen molar-refractivity contribution < 1.29 is 14.3 Å². The van der Waals surface area contributed by atoms with Gasteiger partial charge >= 0.3 is 5.97 Å². The molecule has 2 aromatic heterocycles. The number of esters is 1. The van der Waals surface area contributed by atoms with Crippen LogP contribution in [-0.2, 0) is 11.3 Å². The van der Waals surface area contributed by atoms with Crippen molar-refractivity contribution in [1.29, 1.82) is 0 Å². The first-order chi connectivity index (χ1) is 10.8. The summed E-state index contributed by atoms with van der Waals surface area (Å²) < 4.78 is 7.03. The molecule has 5 nitrogen and oxygen atoms in total. The van der Waals surface area contributed by atoms with E-state index in [1.165, 1.54) is 12.1 Å². The molecule has 0 bridgehead atoms. The zero-order valence-electron chi connectivity index (χ0n) is 13.0. The highest BCUT2D eigenvalue weighted by atomic mass is 35.5. The second-order valence-electron chi connectivity index (χ2n) is 4.99. The fourth-order valence-corrected chi connectivity index (χ4v) is 2.74. The van der Waals surface area contributed by atoms with E-state index in [1.807, 2.05) is 25.3 Å². The van der Waals surface area contributed by atoms with E-state index in [9.17, 15) is 9.59 Å². The van der Waals surface area contributed by atoms with Gasteiger partial charge in [-0.15, -0.1) is 0 Å². The van der Waals surface area contributed by atoms with E-state index in [2.05, 4.69) is 4.98 Å². The van der Waals surface area contributed by atoms with Crippen molar-refractivity contribution in [3.63, 3.8) is 0 Å². The maximum Gasteiger partial charge on any atom is 0.359 e. The van der Waals surface area contributed by atoms with Crippen molar-refractivity contribution in [2.45, 2.75) is 27.3 Å². The molecule has 0 atom stereocenters. The van der Waals surface area contributed by atoms with Crippen LogP contribution in [0.25, 0.3) is 0 Å². The van der Waals surface area contributed by atoms with Gasteiger partial charge in [0.05, 0.1) is 5.02 Å². The van der Waals surface area contributed by atoms with Gasteiger partial charge < -0.3 is 9.30 Å². The van der Waals surface area contributed by atoms with Gasteiger partial charge in [-0.05, 0) is 39.0 Å². The van der Waals surface area contributed by atoms with Crippen molar-refractivity contribution in [2.75, 3.05) is 6.61 Å². The number of carbonyl (C=O) groups excluding carboxylic acids is 2. The van der Waals surface area contributed by atoms with Gasteiger partial charge in [0.2, 0.25) is 5.78 Å². The highest BCUT2D eigenvalue weighted by molar-refractivity contribution is 6.34. The monoisotopic (exact) mass is 354 g/mol. The summed E-state index contributed by atoms with van der Waals surface area (Å²) in [6, 6.07) is 4.70. The molecule has 0 amide bonds. The first-order valence-corrected chi connectivity index (χ1v) is 7.79. The number of carbonyl (C=O) groups is 2. The molecule has 23 heavy (non-hydrogen) atoms. The Morgan fingerprint density at radius 1 is 1.26 bits per heavy atom. The minimum atomic E-state index is -0.782. The predicted molar refractivity (Wildman–Crippen MR) is 88.5 cm³/mol. The van der Waals surface area contributed by atoms with Crippen LogP contribution in [0.15, 0.2) is 18.2 Å². The Kier molecular flexibility index (Phi) is 5.44. The lowest BCUT2D eigenvalue weighted by molar-refractivity contribution is 0.0469. The van der Waals surface area contributed by atoms with Crippen LogP contribution in [0.1, 0.15) is 39.2 Å². The molecule has 0 aromatic carbocycles. The molecule has 0 N–H and O–H groups in total. The molecule has 2 heterocycles. The second-order valence-corrected chi connectivity index (χ2v) is 5.79. The van der Waals surface area contributed by atoms with E-state index in [0.717, 1.165) is 17.9 Å². The Hall–Kier alpha value is -1.85. The number of hydrogen-bond donors (Lipinski definition) is 0. The molecular weight excluding hydrogens is 339 g/mol. The molecule has 2 aromatic rings. The summed E-state index contributed by atoms with van der Waals surface area (Å²) in [4.78, 5) is 28.1. The Labute approximate surface area is 144 Å². The van der Waals surface area contributed by atoms with Crippen LogP contribution in [0, 0.1) is 13.8 Å². The molecule has 0 aliphatic carbocycles. The van der Waals surface area contributed by atoms with Crippen LogP contribution in [0.2, 0.25) is 10.2 Å². The summed E-state index contributed by atoms with van der Waals surface area (Å²) in [6.07, 6.45) is 0. The van der Waals surface area contributed by atoms with Crippen molar-refractivity contribution in [1.82, 2.24) is 9.55 Å². The molecule has 0 fully saturated rings. The van der Waals surface area contributed by atoms with Crippen LogP contribution in [0.3, 0.4) is 0 Å². The number of ether oxygens (including phenoxy) is 1. The maximum absolute atomic E-state index is 12.3. The largest absolute Gasteiger partial charge is 0.453 e. The third-order valence-corrected chi connectivity index (χ3v) is 4.05. The average Bonchev–Trinajstić information content (AvgIpc) is 2.81. The van der Waals surface area contributed by atoms with Gasteiger partial charge in [-0.25, -0.2) is 9.78 Å². The quantitative estimate of drug-likeness (QED) is 0.464. The maximum atomic E-state index is 12.3. The summed E-state index contributed by atoms with van der Waals surface area (Å²) >= 11 is 11.6. The summed E-state index contributed by atoms with van der Waals surface area (Å²) in [7, 11) is 0. The normalized spacial score (nSPS) is 10.7. The summed E-state index contributed by atoms with van der Waals surface area (Å²) in [5.41, 5.74) is 2.28. The van der Waals surface area contributed by atoms with Gasteiger partial charge in [0.25, 0.3) is 0 Å². The lowest BCUT2D eigenvalue weighted by atomic mass is 10.1. The van der Waals surface area contributed by atoms with Gasteiger partial charge in [0, 0.05) is 23.5 Å². The topological polar surface area (TPSA) is 61.2 Å². The number of rotatable bonds is 5. The molecule has 0 saturated carbocycles. The van der Waals surface area contributed by atoms with Crippen LogP contribution in [-0.4, -0.2) is 27.9 Å². The Morgan fingerprint density at radius 2 is 1.96 bits per heavy atom. The average molecular weight is 355 g/mol. The van der Waals surface area contributed by atoms with E-state index >= 15 is 0 Å². The first-order valence-electron chi connectivity index (χ1n) is 7.04. The summed E-state index contributed by atoms with van der Waals surface area (Å²) in [5, 5.41) is 0.246. The van der Waals surface area contributed by atoms with E-state index in [0.29, 0.717) is 5.56 Å². The van der Waals surface area contributed by atoms with E-state index in [1.54, 1.807) is 6.07 Å². The zero-order chi connectivity index (χ0) is 17.1. The van der Waals surface area contributed by atoms with Gasteiger partial charge in [0.1, 0.15) is 5.15 Å². The van der Waals surface area contributed by atoms with Crippen molar-refractivity contribution >= 4 is 35.0 Å². The number of Topliss-reactive ketones (excluding diaryl/α,β-unsaturated/α-hetero) is 1. The van der Waals surface area contributed by atoms with E-state index in [-0.39, 0.29) is 28.3 Å². The number of ketones is 1. The van der Waals surface area contributed by atoms with Crippen LogP contribution in [0.5, 0.6) is 0 Å². The number of aryl methyl sites for hydroxylation is 1. The molecule has 122 valence electrons. The minimum Gasteiger partial charge on any atom is -0.453 e. The highest BCUT2D eigenvalue weighted by Gasteiger charge is 2.19. The molecule has 0 saturated heterocycles. The minimum absolute atomic E-state index is 0.106. The fourth-order valence-electron chi connectivity index (χ4n) is 2.41. The van der Waals surface area contributed by atoms with Crippen molar-refractivity contribution in [3.05, 3.63) is 51.0 Å². The number of aromatic nitrogens is 2. The molecule has 0 spiro atoms. The van der Waals surface area contributed by atoms with Gasteiger partial charge in [-0.3, -0.25) is 4.79 Å². The van der Waals surface area contributed by atoms with Crippen molar-refractivity contribution in [3.8, 4) is 0 Å². The SMILES string of the molecule is CCn1c(C)cc(C(=O)COC(=O)c2nc(Cl)ccc2Cl)c1C. The third-order valence-electron chi connectivity index (χ3n) is 3.53. The predicted octanol–water partition coefficient (Wildman–Crippen LogP) is 3.87. The lowest BCUT2D eigenvalue weighted by Gasteiger charge is -2.07. The first kappa shape index (κ1) is 17.5. The summed E-state index contributed by atoms with van der Waals surface area (Å²) in [5.74, 6) is -1.06. The molecule has 0 aliphatic rings. The molecule has 0 unspecified atom stereocenters. The summed E-state index contributed by atoms with van der Waals surface area (Å²) in [6.45, 7) is 6.18. The van der Waals surface area contributed by atoms with Crippen LogP contribution >= 0.6 is 23.2 Å². The Bertz CT molecular complexity index is 769. The molecule has 0 radical (unpaired) electrons. The second kappa shape index (κ2) is 7.15. The number of hydrogen-bond acceptors (Lipinski definition) is 4. The number of halogens is 2. The highest BCUT2D eigenvalue weighted by Crippen LogP contribution is 2.19. The van der Waals surface area contributed by atoms with Crippen LogP contribution in [0.4, 0.5) is 0 Å². The lowest BCUT2D eigenvalue weighted by Crippen LogP contribution is -2.16. The zero-order valence-corrected chi connectivity index (χ0v) is 14.5. The van der Waals surface area contributed by atoms with Gasteiger partial charge in [-0.2, -0.15) is 0 Å². The molecule has 0 aliphatic heterocycles. The number of pyridine rings is 1. The third kappa shape index (κ3) is 3.74. The molecule has 2 rings (SSSR count). The Morgan fingerprint density at radius 3 is 2.57 bits per heavy atom. The van der Waals surface area contributed by atoms with E-state index < -0.39 is 5.97 Å². The van der Waals surface area contributed by atoms with Gasteiger partial charge in [-0.1, -0.05) is 23.2 Å². The smallest absolute Gasteiger partial charge is 0.359 e. The Balaban J connectivity index is 2.10. The van der Waals surface area contributed by atoms with Gasteiger partial charge in [0.15, 0.2) is 12.3 Å². The molecular formula is C16H16Cl2N2O3. The molecule has 7 heteroatoms. The standard InChI is InChI=1S/C16H16Cl2N2O3/c1-4-20-9(2)7-11(10(20)3)13(21)8-23-16(22)15-12(17)5-6-14(18)19-15/h5-7H,4,8H2,1-3H3. The van der Waals surface area contributed by atoms with E-state index in [4.69, 9.17) is 27.9 Å². The van der Waals surface area contributed by atoms with Crippen molar-refractivity contribution in [2.24, 2.45) is 0 Å².